The zero-order chi connectivity index (χ0) is 18.2. The summed E-state index contributed by atoms with van der Waals surface area (Å²) in [6, 6.07) is 3.72. The summed E-state index contributed by atoms with van der Waals surface area (Å²) in [6.07, 6.45) is 4.20. The summed E-state index contributed by atoms with van der Waals surface area (Å²) in [5, 5.41) is 0.895. The Morgan fingerprint density at radius 1 is 1.16 bits per heavy atom. The predicted octanol–water partition coefficient (Wildman–Crippen LogP) is 1.64. The number of ether oxygens (including phenoxy) is 2. The molecule has 9 heteroatoms. The first-order chi connectivity index (χ1) is 12.1. The van der Waals surface area contributed by atoms with Crippen LogP contribution in [0.25, 0.3) is 10.9 Å². The molecule has 1 aromatic heterocycles. The number of anilines is 1. The maximum atomic E-state index is 10.4. The van der Waals surface area contributed by atoms with Gasteiger partial charge in [0.1, 0.15) is 12.1 Å². The summed E-state index contributed by atoms with van der Waals surface area (Å²) in [4.78, 5) is 10.8. The van der Waals surface area contributed by atoms with Crippen LogP contribution in [0.15, 0.2) is 18.5 Å². The van der Waals surface area contributed by atoms with Crippen LogP contribution in [0, 0.1) is 0 Å². The summed E-state index contributed by atoms with van der Waals surface area (Å²) in [5.74, 6) is 2.09. The Hall–Kier alpha value is -1.97. The highest BCUT2D eigenvalue weighted by Crippen LogP contribution is 2.34. The Balaban J connectivity index is 2.05. The van der Waals surface area contributed by atoms with E-state index in [-0.39, 0.29) is 0 Å². The number of fused-ring (bicyclic) bond motifs is 1. The average Bonchev–Trinajstić information content (AvgIpc) is 2.62. The number of hydrogen-bond acceptors (Lipinski definition) is 7. The van der Waals surface area contributed by atoms with Gasteiger partial charge in [0.2, 0.25) is 0 Å². The van der Waals surface area contributed by atoms with Gasteiger partial charge < -0.3 is 18.9 Å². The van der Waals surface area contributed by atoms with Gasteiger partial charge >= 0.3 is 0 Å². The van der Waals surface area contributed by atoms with E-state index < -0.39 is 11.3 Å². The lowest BCUT2D eigenvalue weighted by atomic mass is 10.2. The van der Waals surface area contributed by atoms with E-state index in [4.69, 9.17) is 9.47 Å². The van der Waals surface area contributed by atoms with Crippen LogP contribution >= 0.6 is 0 Å². The van der Waals surface area contributed by atoms with E-state index in [1.807, 2.05) is 19.2 Å². The first-order valence-corrected chi connectivity index (χ1v) is 9.05. The van der Waals surface area contributed by atoms with E-state index in [1.165, 1.54) is 6.33 Å². The van der Waals surface area contributed by atoms with E-state index in [0.29, 0.717) is 18.0 Å². The predicted molar refractivity (Wildman–Crippen MR) is 96.7 cm³/mol. The van der Waals surface area contributed by atoms with Crippen LogP contribution in [0.3, 0.4) is 0 Å². The van der Waals surface area contributed by atoms with Crippen molar-refractivity contribution in [2.75, 3.05) is 39.3 Å². The van der Waals surface area contributed by atoms with Crippen molar-refractivity contribution in [1.82, 2.24) is 14.7 Å². The van der Waals surface area contributed by atoms with Crippen molar-refractivity contribution in [1.29, 1.82) is 0 Å². The van der Waals surface area contributed by atoms with Crippen LogP contribution in [0.5, 0.6) is 11.5 Å². The van der Waals surface area contributed by atoms with Crippen molar-refractivity contribution < 1.29 is 18.2 Å². The zero-order valence-corrected chi connectivity index (χ0v) is 15.5. The summed E-state index contributed by atoms with van der Waals surface area (Å²) in [6.45, 7) is 1.27. The van der Waals surface area contributed by atoms with Gasteiger partial charge in [-0.2, -0.15) is 0 Å². The van der Waals surface area contributed by atoms with Gasteiger partial charge in [-0.1, -0.05) is 6.42 Å². The van der Waals surface area contributed by atoms with E-state index in [9.17, 15) is 8.76 Å². The van der Waals surface area contributed by atoms with E-state index in [2.05, 4.69) is 19.6 Å². The van der Waals surface area contributed by atoms with E-state index in [1.54, 1.807) is 14.2 Å². The molecule has 0 bridgehead atoms. The highest BCUT2D eigenvalue weighted by Gasteiger charge is 2.13. The van der Waals surface area contributed by atoms with Crippen molar-refractivity contribution in [2.45, 2.75) is 19.3 Å². The van der Waals surface area contributed by atoms with Crippen molar-refractivity contribution in [3.8, 4) is 11.5 Å². The first kappa shape index (κ1) is 19.4. The first-order valence-electron chi connectivity index (χ1n) is 7.97. The number of benzene rings is 1. The SMILES string of the molecule is COc1cc2ncnc(N(C)CCCCCNS(=O)[O-])c2cc1OC. The lowest BCUT2D eigenvalue weighted by Gasteiger charge is -2.20. The molecule has 1 unspecified atom stereocenters. The van der Waals surface area contributed by atoms with Crippen LogP contribution in [0.1, 0.15) is 19.3 Å². The highest BCUT2D eigenvalue weighted by atomic mass is 32.2. The molecule has 0 amide bonds. The Morgan fingerprint density at radius 2 is 1.88 bits per heavy atom. The van der Waals surface area contributed by atoms with Crippen molar-refractivity contribution in [3.05, 3.63) is 18.5 Å². The molecule has 0 aliphatic carbocycles. The molecule has 1 atom stereocenters. The molecule has 0 saturated carbocycles. The maximum Gasteiger partial charge on any atom is 0.162 e. The maximum absolute atomic E-state index is 10.4. The molecule has 0 fully saturated rings. The summed E-state index contributed by atoms with van der Waals surface area (Å²) < 4.78 is 33.8. The second-order valence-corrected chi connectivity index (χ2v) is 6.29. The zero-order valence-electron chi connectivity index (χ0n) is 14.7. The second kappa shape index (κ2) is 9.50. The molecule has 1 aromatic carbocycles. The summed E-state index contributed by atoms with van der Waals surface area (Å²) >= 11 is -2.18. The van der Waals surface area contributed by atoms with Crippen LogP contribution < -0.4 is 19.1 Å². The Bertz CT molecular complexity index is 729. The molecule has 1 heterocycles. The smallest absolute Gasteiger partial charge is 0.162 e. The van der Waals surface area contributed by atoms with Gasteiger partial charge in [-0.05, 0) is 18.9 Å². The molecule has 2 rings (SSSR count). The molecule has 0 aliphatic heterocycles. The minimum Gasteiger partial charge on any atom is -0.760 e. The molecule has 138 valence electrons. The number of unbranched alkanes of at least 4 members (excludes halogenated alkanes) is 2. The number of nitrogens with one attached hydrogen (secondary N) is 1. The fraction of sp³-hybridized carbons (Fsp3) is 0.500. The minimum absolute atomic E-state index is 0.466. The van der Waals surface area contributed by atoms with Crippen molar-refractivity contribution in [2.24, 2.45) is 0 Å². The lowest BCUT2D eigenvalue weighted by molar-refractivity contribution is 0.356. The van der Waals surface area contributed by atoms with Gasteiger partial charge in [-0.15, -0.1) is 0 Å². The van der Waals surface area contributed by atoms with Gasteiger partial charge in [0.05, 0.1) is 19.7 Å². The molecule has 25 heavy (non-hydrogen) atoms. The largest absolute Gasteiger partial charge is 0.760 e. The average molecular weight is 367 g/mol. The molecule has 0 radical (unpaired) electrons. The second-order valence-electron chi connectivity index (χ2n) is 5.53. The third kappa shape index (κ3) is 5.25. The van der Waals surface area contributed by atoms with Crippen LogP contribution in [0.4, 0.5) is 5.82 Å². The van der Waals surface area contributed by atoms with Gasteiger partial charge in [0.15, 0.2) is 11.5 Å². The van der Waals surface area contributed by atoms with Crippen molar-refractivity contribution in [3.63, 3.8) is 0 Å². The topological polar surface area (TPSA) is 99.6 Å². The number of nitrogens with zero attached hydrogens (tertiary/aromatic N) is 3. The monoisotopic (exact) mass is 367 g/mol. The fourth-order valence-electron chi connectivity index (χ4n) is 2.59. The van der Waals surface area contributed by atoms with Gasteiger partial charge in [-0.25, -0.2) is 14.7 Å². The molecular formula is C16H23N4O4S-. The van der Waals surface area contributed by atoms with Crippen LogP contribution in [-0.4, -0.2) is 53.1 Å². The highest BCUT2D eigenvalue weighted by molar-refractivity contribution is 7.77. The Labute approximate surface area is 150 Å². The lowest BCUT2D eigenvalue weighted by Crippen LogP contribution is -2.21. The van der Waals surface area contributed by atoms with Crippen molar-refractivity contribution >= 4 is 28.0 Å². The summed E-state index contributed by atoms with van der Waals surface area (Å²) in [7, 11) is 5.17. The standard InChI is InChI=1S/C16H24N4O4S/c1-20(8-6-4-5-7-19-25(21)22)16-12-9-14(23-2)15(24-3)10-13(12)17-11-18-16/h9-11,19H,4-8H2,1-3H3,(H,21,22)/p-1. The molecule has 1 N–H and O–H groups in total. The van der Waals surface area contributed by atoms with Crippen LogP contribution in [0.2, 0.25) is 0 Å². The quantitative estimate of drug-likeness (QED) is 0.503. The number of hydrogen-bond donors (Lipinski definition) is 1. The molecular weight excluding hydrogens is 344 g/mol. The third-order valence-corrected chi connectivity index (χ3v) is 4.31. The van der Waals surface area contributed by atoms with E-state index >= 15 is 0 Å². The van der Waals surface area contributed by atoms with Gasteiger partial charge in [0, 0.05) is 42.9 Å². The van der Waals surface area contributed by atoms with Crippen LogP contribution in [-0.2, 0) is 11.3 Å². The van der Waals surface area contributed by atoms with E-state index in [0.717, 1.165) is 42.5 Å². The summed E-state index contributed by atoms with van der Waals surface area (Å²) in [5.41, 5.74) is 0.789. The Kier molecular flexibility index (Phi) is 7.35. The number of rotatable bonds is 10. The Morgan fingerprint density at radius 3 is 2.56 bits per heavy atom. The molecule has 0 spiro atoms. The molecule has 2 aromatic rings. The molecule has 8 nitrogen and oxygen atoms in total. The fourth-order valence-corrected chi connectivity index (χ4v) is 2.90. The number of methoxy groups -OCH3 is 2. The molecule has 0 saturated heterocycles. The normalized spacial score (nSPS) is 12.2. The molecule has 0 aliphatic rings. The minimum atomic E-state index is -2.18. The van der Waals surface area contributed by atoms with Gasteiger partial charge in [0.25, 0.3) is 0 Å². The third-order valence-electron chi connectivity index (χ3n) is 3.87. The van der Waals surface area contributed by atoms with Gasteiger partial charge in [-0.3, -0.25) is 4.21 Å². The number of aromatic nitrogens is 2.